The van der Waals surface area contributed by atoms with Gasteiger partial charge in [-0.05, 0) is 13.8 Å². The summed E-state index contributed by atoms with van der Waals surface area (Å²) in [6.07, 6.45) is 0.514. The lowest BCUT2D eigenvalue weighted by atomic mass is 9.73. The van der Waals surface area contributed by atoms with Crippen LogP contribution in [0, 0.1) is 5.41 Å². The molecule has 1 amide bonds. The molecule has 2 aliphatic heterocycles. The summed E-state index contributed by atoms with van der Waals surface area (Å²) < 4.78 is 11.0. The number of hydrogen-bond acceptors (Lipinski definition) is 3. The van der Waals surface area contributed by atoms with Crippen molar-refractivity contribution in [3.05, 3.63) is 0 Å². The number of hydrogen-bond donors (Lipinski definition) is 1. The van der Waals surface area contributed by atoms with E-state index < -0.39 is 0 Å². The lowest BCUT2D eigenvalue weighted by Gasteiger charge is -2.38. The summed E-state index contributed by atoms with van der Waals surface area (Å²) in [6, 6.07) is 0. The summed E-state index contributed by atoms with van der Waals surface area (Å²) in [5, 5.41) is 2.98. The maximum Gasteiger partial charge on any atom is 0.221 e. The quantitative estimate of drug-likeness (QED) is 0.611. The SMILES string of the molecule is CC1(C)NC(=O)CC12COCCOC2. The first-order valence-electron chi connectivity index (χ1n) is 5.02. The molecule has 1 spiro atoms. The summed E-state index contributed by atoms with van der Waals surface area (Å²) in [5.74, 6) is 0.101. The molecule has 4 nitrogen and oxygen atoms in total. The molecular formula is C10H17NO3. The molecule has 0 saturated carbocycles. The highest BCUT2D eigenvalue weighted by Crippen LogP contribution is 2.41. The Labute approximate surface area is 84.0 Å². The molecule has 0 atom stereocenters. The van der Waals surface area contributed by atoms with E-state index in [4.69, 9.17) is 9.47 Å². The molecule has 0 aromatic heterocycles. The number of ether oxygens (including phenoxy) is 2. The van der Waals surface area contributed by atoms with Gasteiger partial charge in [0.15, 0.2) is 0 Å². The van der Waals surface area contributed by atoms with Crippen LogP contribution in [-0.4, -0.2) is 37.9 Å². The molecule has 14 heavy (non-hydrogen) atoms. The lowest BCUT2D eigenvalue weighted by Crippen LogP contribution is -2.51. The molecule has 1 N–H and O–H groups in total. The van der Waals surface area contributed by atoms with E-state index in [1.165, 1.54) is 0 Å². The standard InChI is InChI=1S/C10H17NO3/c1-9(2)10(5-8(12)11-9)6-13-3-4-14-7-10/h3-7H2,1-2H3,(H,11,12). The Bertz CT molecular complexity index is 242. The summed E-state index contributed by atoms with van der Waals surface area (Å²) in [5.41, 5.74) is -0.408. The van der Waals surface area contributed by atoms with E-state index in [1.807, 2.05) is 13.8 Å². The fourth-order valence-corrected chi connectivity index (χ4v) is 2.21. The van der Waals surface area contributed by atoms with Gasteiger partial charge in [0.25, 0.3) is 0 Å². The largest absolute Gasteiger partial charge is 0.378 e. The third-order valence-electron chi connectivity index (χ3n) is 3.41. The first-order valence-corrected chi connectivity index (χ1v) is 5.02. The predicted molar refractivity (Wildman–Crippen MR) is 50.9 cm³/mol. The minimum absolute atomic E-state index is 0.101. The molecular weight excluding hydrogens is 182 g/mol. The van der Waals surface area contributed by atoms with Crippen molar-refractivity contribution in [2.75, 3.05) is 26.4 Å². The fraction of sp³-hybridized carbons (Fsp3) is 0.900. The molecule has 2 fully saturated rings. The zero-order valence-electron chi connectivity index (χ0n) is 8.76. The summed E-state index contributed by atoms with van der Waals surface area (Å²) in [6.45, 7) is 6.56. The minimum atomic E-state index is -0.228. The zero-order valence-corrected chi connectivity index (χ0v) is 8.76. The summed E-state index contributed by atoms with van der Waals surface area (Å²) >= 11 is 0. The number of carbonyl (C=O) groups is 1. The smallest absolute Gasteiger partial charge is 0.221 e. The highest BCUT2D eigenvalue weighted by molar-refractivity contribution is 5.81. The number of nitrogens with one attached hydrogen (secondary N) is 1. The second-order valence-electron chi connectivity index (χ2n) is 4.74. The van der Waals surface area contributed by atoms with Crippen molar-refractivity contribution in [3.8, 4) is 0 Å². The van der Waals surface area contributed by atoms with Crippen LogP contribution in [0.15, 0.2) is 0 Å². The Balaban J connectivity index is 2.23. The Kier molecular flexibility index (Phi) is 2.27. The van der Waals surface area contributed by atoms with Gasteiger partial charge in [0.05, 0.1) is 26.4 Å². The summed E-state index contributed by atoms with van der Waals surface area (Å²) in [7, 11) is 0. The Hall–Kier alpha value is -0.610. The van der Waals surface area contributed by atoms with Gasteiger partial charge in [-0.15, -0.1) is 0 Å². The number of rotatable bonds is 0. The molecule has 0 radical (unpaired) electrons. The number of amides is 1. The fourth-order valence-electron chi connectivity index (χ4n) is 2.21. The molecule has 0 aromatic rings. The van der Waals surface area contributed by atoms with Gasteiger partial charge in [-0.2, -0.15) is 0 Å². The lowest BCUT2D eigenvalue weighted by molar-refractivity contribution is -0.120. The van der Waals surface area contributed by atoms with E-state index in [0.29, 0.717) is 32.8 Å². The first-order chi connectivity index (χ1) is 6.56. The normalized spacial score (nSPS) is 30.0. The van der Waals surface area contributed by atoms with E-state index in [0.717, 1.165) is 0 Å². The molecule has 0 unspecified atom stereocenters. The average molecular weight is 199 g/mol. The van der Waals surface area contributed by atoms with Crippen LogP contribution in [0.3, 0.4) is 0 Å². The minimum Gasteiger partial charge on any atom is -0.378 e. The van der Waals surface area contributed by atoms with Gasteiger partial charge in [-0.1, -0.05) is 0 Å². The van der Waals surface area contributed by atoms with Crippen LogP contribution in [0.1, 0.15) is 20.3 Å². The predicted octanol–water partition coefficient (Wildman–Crippen LogP) is 0.318. The van der Waals surface area contributed by atoms with Crippen LogP contribution >= 0.6 is 0 Å². The topological polar surface area (TPSA) is 47.6 Å². The summed E-state index contributed by atoms with van der Waals surface area (Å²) in [4.78, 5) is 11.4. The Morgan fingerprint density at radius 3 is 2.21 bits per heavy atom. The van der Waals surface area contributed by atoms with Crippen LogP contribution in [0.2, 0.25) is 0 Å². The van der Waals surface area contributed by atoms with E-state index in [-0.39, 0.29) is 16.9 Å². The highest BCUT2D eigenvalue weighted by Gasteiger charge is 2.53. The van der Waals surface area contributed by atoms with Gasteiger partial charge in [-0.25, -0.2) is 0 Å². The third-order valence-corrected chi connectivity index (χ3v) is 3.41. The van der Waals surface area contributed by atoms with Crippen molar-refractivity contribution < 1.29 is 14.3 Å². The van der Waals surface area contributed by atoms with Gasteiger partial charge in [-0.3, -0.25) is 4.79 Å². The van der Waals surface area contributed by atoms with Crippen LogP contribution < -0.4 is 5.32 Å². The van der Waals surface area contributed by atoms with Crippen molar-refractivity contribution in [2.24, 2.45) is 5.41 Å². The molecule has 2 rings (SSSR count). The van der Waals surface area contributed by atoms with Gasteiger partial charge in [0.1, 0.15) is 0 Å². The molecule has 0 aliphatic carbocycles. The Morgan fingerprint density at radius 1 is 1.21 bits per heavy atom. The van der Waals surface area contributed by atoms with Crippen molar-refractivity contribution in [2.45, 2.75) is 25.8 Å². The van der Waals surface area contributed by atoms with Crippen molar-refractivity contribution >= 4 is 5.91 Å². The van der Waals surface area contributed by atoms with Gasteiger partial charge >= 0.3 is 0 Å². The molecule has 2 aliphatic rings. The van der Waals surface area contributed by atoms with Gasteiger partial charge < -0.3 is 14.8 Å². The van der Waals surface area contributed by atoms with Crippen LogP contribution in [-0.2, 0) is 14.3 Å². The van der Waals surface area contributed by atoms with Crippen molar-refractivity contribution in [1.29, 1.82) is 0 Å². The van der Waals surface area contributed by atoms with Gasteiger partial charge in [0.2, 0.25) is 5.91 Å². The van der Waals surface area contributed by atoms with Crippen molar-refractivity contribution in [1.82, 2.24) is 5.32 Å². The molecule has 0 aromatic carbocycles. The third kappa shape index (κ3) is 1.42. The maximum absolute atomic E-state index is 11.4. The monoisotopic (exact) mass is 199 g/mol. The molecule has 2 saturated heterocycles. The zero-order chi connectivity index (χ0) is 10.2. The number of carbonyl (C=O) groups excluding carboxylic acids is 1. The Morgan fingerprint density at radius 2 is 1.79 bits per heavy atom. The maximum atomic E-state index is 11.4. The van der Waals surface area contributed by atoms with E-state index in [2.05, 4.69) is 5.32 Å². The van der Waals surface area contributed by atoms with Crippen LogP contribution in [0.25, 0.3) is 0 Å². The first kappa shape index (κ1) is 9.93. The molecule has 80 valence electrons. The highest BCUT2D eigenvalue weighted by atomic mass is 16.5. The van der Waals surface area contributed by atoms with E-state index in [1.54, 1.807) is 0 Å². The van der Waals surface area contributed by atoms with E-state index >= 15 is 0 Å². The van der Waals surface area contributed by atoms with Gasteiger partial charge in [0, 0.05) is 17.4 Å². The second-order valence-corrected chi connectivity index (χ2v) is 4.74. The molecule has 4 heteroatoms. The van der Waals surface area contributed by atoms with E-state index in [9.17, 15) is 4.79 Å². The van der Waals surface area contributed by atoms with Crippen LogP contribution in [0.4, 0.5) is 0 Å². The molecule has 0 bridgehead atoms. The second kappa shape index (κ2) is 3.21. The average Bonchev–Trinajstić information content (AvgIpc) is 2.25. The molecule has 2 heterocycles. The van der Waals surface area contributed by atoms with Crippen LogP contribution in [0.5, 0.6) is 0 Å². The van der Waals surface area contributed by atoms with Crippen molar-refractivity contribution in [3.63, 3.8) is 0 Å².